The van der Waals surface area contributed by atoms with Crippen LogP contribution in [0.5, 0.6) is 17.2 Å². The minimum absolute atomic E-state index is 0.0541. The largest absolute Gasteiger partial charge is 0.493 e. The fourth-order valence-electron chi connectivity index (χ4n) is 3.33. The first-order valence-electron chi connectivity index (χ1n) is 13.3. The van der Waals surface area contributed by atoms with E-state index in [-0.39, 0.29) is 18.8 Å². The predicted octanol–water partition coefficient (Wildman–Crippen LogP) is 5.14. The summed E-state index contributed by atoms with van der Waals surface area (Å²) in [6, 6.07) is 12.3. The highest BCUT2D eigenvalue weighted by Crippen LogP contribution is 2.24. The lowest BCUT2D eigenvalue weighted by molar-refractivity contribution is -0.140. The van der Waals surface area contributed by atoms with Crippen LogP contribution in [0.3, 0.4) is 0 Å². The fraction of sp³-hybridized carbons (Fsp3) is 0.344. The molecule has 41 heavy (non-hydrogen) atoms. The molecular weight excluding hydrogens is 528 g/mol. The summed E-state index contributed by atoms with van der Waals surface area (Å²) < 4.78 is 26.8. The highest BCUT2D eigenvalue weighted by atomic mass is 16.6. The second-order valence-corrected chi connectivity index (χ2v) is 9.18. The summed E-state index contributed by atoms with van der Waals surface area (Å²) in [5.41, 5.74) is 2.03. The summed E-state index contributed by atoms with van der Waals surface area (Å²) in [6.45, 7) is 11.2. The summed E-state index contributed by atoms with van der Waals surface area (Å²) in [5.74, 6) is 0.215. The molecule has 220 valence electrons. The third-order valence-electron chi connectivity index (χ3n) is 5.60. The molecule has 9 heteroatoms. The van der Waals surface area contributed by atoms with E-state index < -0.39 is 24.5 Å². The van der Waals surface area contributed by atoms with Crippen LogP contribution in [0.2, 0.25) is 0 Å². The van der Waals surface area contributed by atoms with E-state index in [0.717, 1.165) is 36.8 Å². The third kappa shape index (κ3) is 13.0. The van der Waals surface area contributed by atoms with Gasteiger partial charge in [-0.15, -0.1) is 0 Å². The van der Waals surface area contributed by atoms with Gasteiger partial charge in [-0.1, -0.05) is 25.3 Å². The zero-order chi connectivity index (χ0) is 30.0. The van der Waals surface area contributed by atoms with E-state index in [0.29, 0.717) is 36.0 Å². The van der Waals surface area contributed by atoms with Gasteiger partial charge in [-0.3, -0.25) is 0 Å². The van der Waals surface area contributed by atoms with Crippen LogP contribution in [-0.4, -0.2) is 56.0 Å². The Morgan fingerprint density at radius 1 is 0.805 bits per heavy atom. The van der Waals surface area contributed by atoms with Crippen LogP contribution < -0.4 is 14.2 Å². The van der Waals surface area contributed by atoms with Crippen LogP contribution in [0.25, 0.3) is 6.08 Å². The number of carbonyl (C=O) groups excluding carboxylic acids is 3. The van der Waals surface area contributed by atoms with Crippen molar-refractivity contribution in [3.8, 4) is 17.2 Å². The van der Waals surface area contributed by atoms with Gasteiger partial charge in [0.25, 0.3) is 0 Å². The molecule has 0 aliphatic heterocycles. The number of aliphatic hydroxyl groups excluding tert-OH is 1. The van der Waals surface area contributed by atoms with E-state index in [9.17, 15) is 14.4 Å². The number of ether oxygens (including phenoxy) is 5. The lowest BCUT2D eigenvalue weighted by atomic mass is 10.2. The molecule has 0 fully saturated rings. The number of hydrogen-bond acceptors (Lipinski definition) is 9. The van der Waals surface area contributed by atoms with E-state index in [2.05, 4.69) is 13.2 Å². The van der Waals surface area contributed by atoms with Crippen LogP contribution in [0.1, 0.15) is 43.7 Å². The Kier molecular flexibility index (Phi) is 14.5. The summed E-state index contributed by atoms with van der Waals surface area (Å²) in [5, 5.41) is 8.83. The molecule has 0 heterocycles. The highest BCUT2D eigenvalue weighted by molar-refractivity contribution is 5.89. The van der Waals surface area contributed by atoms with Gasteiger partial charge in [-0.25, -0.2) is 14.4 Å². The van der Waals surface area contributed by atoms with Crippen molar-refractivity contribution in [1.29, 1.82) is 0 Å². The lowest BCUT2D eigenvalue weighted by Gasteiger charge is -2.11. The smallest absolute Gasteiger partial charge is 0.336 e. The minimum Gasteiger partial charge on any atom is -0.493 e. The Hall–Kier alpha value is -4.37. The molecule has 0 saturated heterocycles. The molecule has 2 aromatic carbocycles. The molecule has 0 aliphatic rings. The zero-order valence-electron chi connectivity index (χ0n) is 23.7. The number of aryl methyl sites for hydroxylation is 1. The van der Waals surface area contributed by atoms with Crippen molar-refractivity contribution >= 4 is 24.0 Å². The number of rotatable bonds is 18. The number of esters is 3. The quantitative estimate of drug-likeness (QED) is 0.113. The van der Waals surface area contributed by atoms with Crippen molar-refractivity contribution < 1.29 is 43.2 Å². The first-order valence-corrected chi connectivity index (χ1v) is 13.3. The number of carbonyl (C=O) groups is 3. The standard InChI is InChI=1S/C32H38O9/c1-23(2)31(35)40-20-19-37-27-12-9-26(10-13-27)11-16-30(34)41-28-14-15-29(24(3)21-28)38-17-7-5-6-8-18-39-32(36)25(4)22-33/h9-16,21,33H,1,4-8,17-20,22H2,2-3H3/b16-11+. The Morgan fingerprint density at radius 3 is 2.12 bits per heavy atom. The topological polar surface area (TPSA) is 118 Å². The van der Waals surface area contributed by atoms with E-state index in [1.54, 1.807) is 55.5 Å². The van der Waals surface area contributed by atoms with Crippen molar-refractivity contribution in [1.82, 2.24) is 0 Å². The van der Waals surface area contributed by atoms with Crippen molar-refractivity contribution in [2.75, 3.05) is 33.0 Å². The molecule has 0 amide bonds. The molecule has 0 spiro atoms. The van der Waals surface area contributed by atoms with Crippen molar-refractivity contribution in [2.24, 2.45) is 0 Å². The molecular formula is C32H38O9. The number of aliphatic hydroxyl groups is 1. The van der Waals surface area contributed by atoms with Crippen LogP contribution in [0.15, 0.2) is 72.8 Å². The predicted molar refractivity (Wildman–Crippen MR) is 155 cm³/mol. The van der Waals surface area contributed by atoms with Gasteiger partial charge in [0.2, 0.25) is 0 Å². The monoisotopic (exact) mass is 566 g/mol. The zero-order valence-corrected chi connectivity index (χ0v) is 23.7. The molecule has 2 rings (SSSR count). The molecule has 0 bridgehead atoms. The van der Waals surface area contributed by atoms with Gasteiger partial charge in [0.1, 0.15) is 30.5 Å². The maximum Gasteiger partial charge on any atom is 0.336 e. The molecule has 2 aromatic rings. The van der Waals surface area contributed by atoms with Crippen molar-refractivity contribution in [3.05, 3.63) is 84.0 Å². The van der Waals surface area contributed by atoms with E-state index >= 15 is 0 Å². The first kappa shape index (κ1) is 32.8. The first-order chi connectivity index (χ1) is 19.7. The lowest BCUT2D eigenvalue weighted by Crippen LogP contribution is -2.12. The van der Waals surface area contributed by atoms with Gasteiger partial charge in [-0.05, 0) is 87.1 Å². The summed E-state index contributed by atoms with van der Waals surface area (Å²) in [6.07, 6.45) is 6.36. The third-order valence-corrected chi connectivity index (χ3v) is 5.60. The number of unbranched alkanes of at least 4 members (excludes halogenated alkanes) is 3. The van der Waals surface area contributed by atoms with Crippen LogP contribution in [0.4, 0.5) is 0 Å². The Labute approximate surface area is 241 Å². The number of benzene rings is 2. The van der Waals surface area contributed by atoms with E-state index in [4.69, 9.17) is 28.8 Å². The molecule has 0 aliphatic carbocycles. The Bertz CT molecular complexity index is 1210. The van der Waals surface area contributed by atoms with E-state index in [1.807, 2.05) is 6.92 Å². The molecule has 0 aromatic heterocycles. The minimum atomic E-state index is -0.563. The van der Waals surface area contributed by atoms with Gasteiger partial charge in [0.05, 0.1) is 25.4 Å². The summed E-state index contributed by atoms with van der Waals surface area (Å²) in [7, 11) is 0. The molecule has 0 unspecified atom stereocenters. The van der Waals surface area contributed by atoms with Crippen LogP contribution >= 0.6 is 0 Å². The van der Waals surface area contributed by atoms with Gasteiger partial charge in [-0.2, -0.15) is 0 Å². The van der Waals surface area contributed by atoms with Gasteiger partial charge in [0.15, 0.2) is 0 Å². The van der Waals surface area contributed by atoms with Crippen LogP contribution in [-0.2, 0) is 23.9 Å². The molecule has 0 saturated carbocycles. The SMILES string of the molecule is C=C(C)C(=O)OCCOc1ccc(/C=C/C(=O)Oc2ccc(OCCCCCCOC(=O)C(=C)CO)c(C)c2)cc1. The normalized spacial score (nSPS) is 10.6. The van der Waals surface area contributed by atoms with Gasteiger partial charge in [0, 0.05) is 11.6 Å². The average Bonchev–Trinajstić information content (AvgIpc) is 2.96. The summed E-state index contributed by atoms with van der Waals surface area (Å²) in [4.78, 5) is 35.0. The average molecular weight is 567 g/mol. The molecule has 0 atom stereocenters. The fourth-order valence-corrected chi connectivity index (χ4v) is 3.33. The molecule has 9 nitrogen and oxygen atoms in total. The second-order valence-electron chi connectivity index (χ2n) is 9.18. The number of hydrogen-bond donors (Lipinski definition) is 1. The van der Waals surface area contributed by atoms with Gasteiger partial charge >= 0.3 is 17.9 Å². The maximum absolute atomic E-state index is 12.3. The van der Waals surface area contributed by atoms with Crippen molar-refractivity contribution in [3.63, 3.8) is 0 Å². The van der Waals surface area contributed by atoms with Gasteiger partial charge < -0.3 is 28.8 Å². The Balaban J connectivity index is 1.67. The second kappa shape index (κ2) is 18.1. The van der Waals surface area contributed by atoms with Crippen LogP contribution in [0, 0.1) is 6.92 Å². The highest BCUT2D eigenvalue weighted by Gasteiger charge is 2.08. The van der Waals surface area contributed by atoms with E-state index in [1.165, 1.54) is 6.08 Å². The summed E-state index contributed by atoms with van der Waals surface area (Å²) >= 11 is 0. The van der Waals surface area contributed by atoms with Crippen molar-refractivity contribution in [2.45, 2.75) is 39.5 Å². The maximum atomic E-state index is 12.3. The molecule has 0 radical (unpaired) electrons. The molecule has 1 N–H and O–H groups in total. The Morgan fingerprint density at radius 2 is 1.46 bits per heavy atom.